The first-order valence-corrected chi connectivity index (χ1v) is 7.95. The van der Waals surface area contributed by atoms with E-state index in [1.807, 2.05) is 25.5 Å². The molecule has 1 aliphatic rings. The van der Waals surface area contributed by atoms with E-state index in [4.69, 9.17) is 9.72 Å². The van der Waals surface area contributed by atoms with Crippen molar-refractivity contribution in [3.63, 3.8) is 0 Å². The Labute approximate surface area is 120 Å². The Morgan fingerprint density at radius 3 is 2.42 bits per heavy atom. The molecule has 2 rings (SSSR count). The van der Waals surface area contributed by atoms with Crippen LogP contribution in [0.4, 0.5) is 0 Å². The van der Waals surface area contributed by atoms with E-state index in [2.05, 4.69) is 26.1 Å². The Bertz CT molecular complexity index is 428. The first kappa shape index (κ1) is 14.9. The summed E-state index contributed by atoms with van der Waals surface area (Å²) in [5, 5.41) is 4.44. The number of rotatable bonds is 4. The zero-order chi connectivity index (χ0) is 14.1. The smallest absolute Gasteiger partial charge is 0.125 e. The van der Waals surface area contributed by atoms with Crippen molar-refractivity contribution in [1.82, 2.24) is 10.3 Å². The van der Waals surface area contributed by atoms with E-state index in [1.54, 1.807) is 0 Å². The molecule has 1 saturated carbocycles. The molecule has 108 valence electrons. The summed E-state index contributed by atoms with van der Waals surface area (Å²) < 4.78 is 5.87. The van der Waals surface area contributed by atoms with Gasteiger partial charge in [-0.3, -0.25) is 0 Å². The molecule has 0 unspecified atom stereocenters. The second-order valence-electron chi connectivity index (χ2n) is 6.48. The lowest BCUT2D eigenvalue weighted by Crippen LogP contribution is -2.24. The molecule has 1 aliphatic carbocycles. The second-order valence-corrected chi connectivity index (χ2v) is 7.56. The molecular formula is C15H26N2OS. The second kappa shape index (κ2) is 5.51. The van der Waals surface area contributed by atoms with Crippen LogP contribution >= 0.6 is 11.3 Å². The van der Waals surface area contributed by atoms with E-state index in [1.165, 1.54) is 28.4 Å². The average Bonchev–Trinajstić information content (AvgIpc) is 2.94. The predicted molar refractivity (Wildman–Crippen MR) is 80.7 cm³/mol. The molecule has 3 nitrogen and oxygen atoms in total. The van der Waals surface area contributed by atoms with Crippen LogP contribution in [0.1, 0.15) is 62.0 Å². The van der Waals surface area contributed by atoms with Crippen molar-refractivity contribution < 1.29 is 4.74 Å². The molecule has 0 saturated heterocycles. The summed E-state index contributed by atoms with van der Waals surface area (Å²) in [4.78, 5) is 6.33. The Hall–Kier alpha value is -0.450. The Morgan fingerprint density at radius 2 is 1.95 bits per heavy atom. The van der Waals surface area contributed by atoms with Gasteiger partial charge in [-0.25, -0.2) is 4.98 Å². The number of hydrogen-bond acceptors (Lipinski definition) is 4. The minimum Gasteiger partial charge on any atom is -0.371 e. The number of nitrogens with one attached hydrogen (secondary N) is 1. The highest BCUT2D eigenvalue weighted by molar-refractivity contribution is 7.11. The van der Waals surface area contributed by atoms with E-state index in [-0.39, 0.29) is 11.0 Å². The van der Waals surface area contributed by atoms with Gasteiger partial charge in [0, 0.05) is 23.9 Å². The van der Waals surface area contributed by atoms with Crippen LogP contribution in [0.25, 0.3) is 0 Å². The Morgan fingerprint density at radius 1 is 1.32 bits per heavy atom. The third kappa shape index (κ3) is 2.86. The summed E-state index contributed by atoms with van der Waals surface area (Å²) in [6, 6.07) is 0. The minimum absolute atomic E-state index is 0.0917. The van der Waals surface area contributed by atoms with Crippen molar-refractivity contribution in [1.29, 1.82) is 0 Å². The van der Waals surface area contributed by atoms with Crippen molar-refractivity contribution in [2.45, 2.75) is 64.0 Å². The first-order valence-electron chi connectivity index (χ1n) is 7.13. The van der Waals surface area contributed by atoms with Gasteiger partial charge in [0.1, 0.15) is 10.6 Å². The van der Waals surface area contributed by atoms with E-state index in [9.17, 15) is 0 Å². The monoisotopic (exact) mass is 282 g/mol. The fourth-order valence-corrected chi connectivity index (χ4v) is 4.37. The van der Waals surface area contributed by atoms with Gasteiger partial charge >= 0.3 is 0 Å². The topological polar surface area (TPSA) is 34.1 Å². The standard InChI is InChI=1S/C15H26N2OS/c1-14(2,3)12-11(10-16-4)19-13(17-12)15(18-5)8-6-7-9-15/h16H,6-10H2,1-5H3. The molecule has 0 radical (unpaired) electrons. The Balaban J connectivity index is 2.42. The molecule has 0 spiro atoms. The molecule has 0 atom stereocenters. The van der Waals surface area contributed by atoms with Gasteiger partial charge < -0.3 is 10.1 Å². The highest BCUT2D eigenvalue weighted by atomic mass is 32.1. The predicted octanol–water partition coefficient (Wildman–Crippen LogP) is 3.58. The van der Waals surface area contributed by atoms with Crippen LogP contribution in [0.2, 0.25) is 0 Å². The van der Waals surface area contributed by atoms with Crippen molar-refractivity contribution in [2.75, 3.05) is 14.2 Å². The SMILES string of the molecule is CNCc1sc(C2(OC)CCCC2)nc1C(C)(C)C. The summed E-state index contributed by atoms with van der Waals surface area (Å²) in [7, 11) is 3.83. The van der Waals surface area contributed by atoms with Crippen LogP contribution in [-0.2, 0) is 22.3 Å². The molecule has 0 aromatic carbocycles. The summed E-state index contributed by atoms with van der Waals surface area (Å²) >= 11 is 1.83. The third-order valence-electron chi connectivity index (χ3n) is 3.94. The van der Waals surface area contributed by atoms with Crippen molar-refractivity contribution in [2.24, 2.45) is 0 Å². The molecule has 19 heavy (non-hydrogen) atoms. The minimum atomic E-state index is -0.114. The van der Waals surface area contributed by atoms with Gasteiger partial charge in [-0.1, -0.05) is 33.6 Å². The normalized spacial score (nSPS) is 19.0. The van der Waals surface area contributed by atoms with E-state index < -0.39 is 0 Å². The van der Waals surface area contributed by atoms with E-state index in [0.29, 0.717) is 0 Å². The summed E-state index contributed by atoms with van der Waals surface area (Å²) in [5.41, 5.74) is 1.20. The zero-order valence-electron chi connectivity index (χ0n) is 12.8. The lowest BCUT2D eigenvalue weighted by molar-refractivity contribution is -0.00903. The summed E-state index contributed by atoms with van der Waals surface area (Å²) in [6.07, 6.45) is 4.72. The van der Waals surface area contributed by atoms with E-state index in [0.717, 1.165) is 19.4 Å². The average molecular weight is 282 g/mol. The van der Waals surface area contributed by atoms with Crippen LogP contribution in [0.5, 0.6) is 0 Å². The van der Waals surface area contributed by atoms with Crippen molar-refractivity contribution >= 4 is 11.3 Å². The lowest BCUT2D eigenvalue weighted by Gasteiger charge is -2.25. The van der Waals surface area contributed by atoms with Gasteiger partial charge in [0.2, 0.25) is 0 Å². The number of hydrogen-bond donors (Lipinski definition) is 1. The molecule has 0 aliphatic heterocycles. The van der Waals surface area contributed by atoms with Crippen LogP contribution in [0.3, 0.4) is 0 Å². The fraction of sp³-hybridized carbons (Fsp3) is 0.800. The number of methoxy groups -OCH3 is 1. The van der Waals surface area contributed by atoms with Gasteiger partial charge in [0.15, 0.2) is 0 Å². The van der Waals surface area contributed by atoms with Gasteiger partial charge in [0.05, 0.1) is 5.69 Å². The molecule has 1 heterocycles. The number of nitrogens with zero attached hydrogens (tertiary/aromatic N) is 1. The van der Waals surface area contributed by atoms with Gasteiger partial charge in [-0.2, -0.15) is 0 Å². The Kier molecular flexibility index (Phi) is 4.33. The lowest BCUT2D eigenvalue weighted by atomic mass is 9.91. The van der Waals surface area contributed by atoms with Crippen LogP contribution in [-0.4, -0.2) is 19.1 Å². The number of ether oxygens (including phenoxy) is 1. The van der Waals surface area contributed by atoms with E-state index >= 15 is 0 Å². The molecule has 0 bridgehead atoms. The number of aromatic nitrogens is 1. The van der Waals surface area contributed by atoms with Crippen LogP contribution in [0.15, 0.2) is 0 Å². The fourth-order valence-electron chi connectivity index (χ4n) is 2.86. The molecule has 1 fully saturated rings. The molecular weight excluding hydrogens is 256 g/mol. The summed E-state index contributed by atoms with van der Waals surface area (Å²) in [5.74, 6) is 0. The molecule has 0 amide bonds. The highest BCUT2D eigenvalue weighted by Gasteiger charge is 2.40. The quantitative estimate of drug-likeness (QED) is 0.916. The van der Waals surface area contributed by atoms with Crippen LogP contribution in [0, 0.1) is 0 Å². The summed E-state index contributed by atoms with van der Waals surface area (Å²) in [6.45, 7) is 7.60. The molecule has 4 heteroatoms. The first-order chi connectivity index (χ1) is 8.93. The maximum absolute atomic E-state index is 5.87. The van der Waals surface area contributed by atoms with Gasteiger partial charge in [-0.05, 0) is 19.9 Å². The van der Waals surface area contributed by atoms with Crippen molar-refractivity contribution in [3.05, 3.63) is 15.6 Å². The number of thiazole rings is 1. The molecule has 1 aromatic rings. The maximum Gasteiger partial charge on any atom is 0.125 e. The van der Waals surface area contributed by atoms with Crippen LogP contribution < -0.4 is 5.32 Å². The van der Waals surface area contributed by atoms with Gasteiger partial charge in [-0.15, -0.1) is 11.3 Å². The zero-order valence-corrected chi connectivity index (χ0v) is 13.6. The highest BCUT2D eigenvalue weighted by Crippen LogP contribution is 2.45. The molecule has 1 N–H and O–H groups in total. The largest absolute Gasteiger partial charge is 0.371 e. The molecule has 1 aromatic heterocycles. The van der Waals surface area contributed by atoms with Crippen molar-refractivity contribution in [3.8, 4) is 0 Å². The third-order valence-corrected chi connectivity index (χ3v) is 5.18. The van der Waals surface area contributed by atoms with Gasteiger partial charge in [0.25, 0.3) is 0 Å². The maximum atomic E-state index is 5.87.